The van der Waals surface area contributed by atoms with E-state index in [-0.39, 0.29) is 16.3 Å². The number of carboxylic acid groups (broad SMARTS) is 1. The summed E-state index contributed by atoms with van der Waals surface area (Å²) in [5, 5.41) is 17.9. The lowest BCUT2D eigenvalue weighted by molar-refractivity contribution is 0.0696. The Kier molecular flexibility index (Phi) is 5.02. The molecule has 0 aliphatic heterocycles. The maximum Gasteiger partial charge on any atom is 0.335 e. The van der Waals surface area contributed by atoms with Crippen molar-refractivity contribution < 1.29 is 15.0 Å². The van der Waals surface area contributed by atoms with E-state index < -0.39 is 5.97 Å². The average molecular weight is 217 g/mol. The molecule has 1 aromatic carbocycles. The Balaban J connectivity index is 0.000000791. The molecule has 78 valence electrons. The third kappa shape index (κ3) is 2.92. The van der Waals surface area contributed by atoms with Crippen molar-refractivity contribution in [2.45, 2.75) is 20.8 Å². The van der Waals surface area contributed by atoms with Crippen LogP contribution >= 0.6 is 11.6 Å². The molecule has 1 aromatic rings. The molecule has 0 saturated heterocycles. The standard InChI is InChI=1S/C8H7ClO3.C2H6/c1-4-2-5(8(11)12)3-6(10)7(4)9;1-2/h2-3,10H,1H3,(H,11,12);1-2H3. The van der Waals surface area contributed by atoms with Crippen LogP contribution in [0.25, 0.3) is 0 Å². The van der Waals surface area contributed by atoms with Crippen LogP contribution in [-0.2, 0) is 0 Å². The first-order chi connectivity index (χ1) is 6.52. The first-order valence-corrected chi connectivity index (χ1v) is 4.62. The molecule has 0 aliphatic rings. The maximum atomic E-state index is 10.5. The van der Waals surface area contributed by atoms with Gasteiger partial charge in [-0.3, -0.25) is 0 Å². The fraction of sp³-hybridized carbons (Fsp3) is 0.300. The molecule has 0 fully saturated rings. The van der Waals surface area contributed by atoms with Crippen LogP contribution < -0.4 is 0 Å². The van der Waals surface area contributed by atoms with Crippen molar-refractivity contribution in [3.63, 3.8) is 0 Å². The van der Waals surface area contributed by atoms with Crippen molar-refractivity contribution in [2.75, 3.05) is 0 Å². The maximum absolute atomic E-state index is 10.5. The molecular weight excluding hydrogens is 204 g/mol. The van der Waals surface area contributed by atoms with Gasteiger partial charge in [0.15, 0.2) is 0 Å². The number of aromatic carboxylic acids is 1. The normalized spacial score (nSPS) is 8.86. The van der Waals surface area contributed by atoms with E-state index >= 15 is 0 Å². The van der Waals surface area contributed by atoms with E-state index in [1.54, 1.807) is 6.92 Å². The monoisotopic (exact) mass is 216 g/mol. The number of carbonyl (C=O) groups is 1. The zero-order valence-electron chi connectivity index (χ0n) is 8.34. The highest BCUT2D eigenvalue weighted by molar-refractivity contribution is 6.32. The van der Waals surface area contributed by atoms with Gasteiger partial charge in [-0.25, -0.2) is 4.79 Å². The number of rotatable bonds is 1. The molecule has 0 spiro atoms. The summed E-state index contributed by atoms with van der Waals surface area (Å²) >= 11 is 5.61. The molecule has 4 heteroatoms. The van der Waals surface area contributed by atoms with Gasteiger partial charge in [-0.2, -0.15) is 0 Å². The Morgan fingerprint density at radius 2 is 1.86 bits per heavy atom. The minimum absolute atomic E-state index is 0.0365. The van der Waals surface area contributed by atoms with Crippen LogP contribution in [0.4, 0.5) is 0 Å². The van der Waals surface area contributed by atoms with Crippen molar-refractivity contribution in [1.82, 2.24) is 0 Å². The zero-order chi connectivity index (χ0) is 11.3. The third-order valence-corrected chi connectivity index (χ3v) is 1.97. The molecule has 1 rings (SSSR count). The molecule has 0 aliphatic carbocycles. The van der Waals surface area contributed by atoms with Crippen molar-refractivity contribution in [2.24, 2.45) is 0 Å². The smallest absolute Gasteiger partial charge is 0.335 e. The van der Waals surface area contributed by atoms with E-state index in [0.29, 0.717) is 5.56 Å². The van der Waals surface area contributed by atoms with Crippen LogP contribution in [0.1, 0.15) is 29.8 Å². The topological polar surface area (TPSA) is 57.5 Å². The molecule has 14 heavy (non-hydrogen) atoms. The predicted octanol–water partition coefficient (Wildman–Crippen LogP) is 3.08. The van der Waals surface area contributed by atoms with E-state index in [4.69, 9.17) is 21.8 Å². The lowest BCUT2D eigenvalue weighted by Crippen LogP contribution is -1.96. The Bertz CT molecular complexity index is 311. The molecule has 0 heterocycles. The van der Waals surface area contributed by atoms with Crippen LogP contribution in [0.5, 0.6) is 5.75 Å². The Morgan fingerprint density at radius 3 is 2.21 bits per heavy atom. The predicted molar refractivity (Wildman–Crippen MR) is 56.2 cm³/mol. The number of hydrogen-bond donors (Lipinski definition) is 2. The summed E-state index contributed by atoms with van der Waals surface area (Å²) in [6, 6.07) is 2.53. The number of carboxylic acids is 1. The second kappa shape index (κ2) is 5.50. The molecule has 0 atom stereocenters. The molecule has 0 aromatic heterocycles. The van der Waals surface area contributed by atoms with Gasteiger partial charge in [-0.05, 0) is 24.6 Å². The minimum Gasteiger partial charge on any atom is -0.506 e. The number of phenolic OH excluding ortho intramolecular Hbond substituents is 1. The largest absolute Gasteiger partial charge is 0.506 e. The van der Waals surface area contributed by atoms with Gasteiger partial charge >= 0.3 is 5.97 Å². The molecular formula is C10H13ClO3. The van der Waals surface area contributed by atoms with Gasteiger partial charge in [-0.1, -0.05) is 25.4 Å². The van der Waals surface area contributed by atoms with Crippen molar-refractivity contribution >= 4 is 17.6 Å². The Morgan fingerprint density at radius 1 is 1.36 bits per heavy atom. The van der Waals surface area contributed by atoms with Gasteiger partial charge < -0.3 is 10.2 Å². The van der Waals surface area contributed by atoms with Gasteiger partial charge in [-0.15, -0.1) is 0 Å². The first kappa shape index (κ1) is 12.8. The molecule has 2 N–H and O–H groups in total. The van der Waals surface area contributed by atoms with Gasteiger partial charge in [0.25, 0.3) is 0 Å². The lowest BCUT2D eigenvalue weighted by atomic mass is 10.1. The molecule has 3 nitrogen and oxygen atoms in total. The number of hydrogen-bond acceptors (Lipinski definition) is 2. The van der Waals surface area contributed by atoms with Crippen molar-refractivity contribution in [3.05, 3.63) is 28.3 Å². The van der Waals surface area contributed by atoms with E-state index in [0.717, 1.165) is 6.07 Å². The van der Waals surface area contributed by atoms with Crippen LogP contribution in [0, 0.1) is 6.92 Å². The number of aryl methyl sites for hydroxylation is 1. The van der Waals surface area contributed by atoms with Crippen LogP contribution in [0.2, 0.25) is 5.02 Å². The van der Waals surface area contributed by atoms with Crippen LogP contribution in [0.15, 0.2) is 12.1 Å². The van der Waals surface area contributed by atoms with E-state index in [1.165, 1.54) is 6.07 Å². The highest BCUT2D eigenvalue weighted by Crippen LogP contribution is 2.27. The summed E-state index contributed by atoms with van der Waals surface area (Å²) < 4.78 is 0. The third-order valence-electron chi connectivity index (χ3n) is 1.48. The lowest BCUT2D eigenvalue weighted by Gasteiger charge is -2.02. The SMILES string of the molecule is CC.Cc1cc(C(=O)O)cc(O)c1Cl. The van der Waals surface area contributed by atoms with Gasteiger partial charge in [0, 0.05) is 0 Å². The summed E-state index contributed by atoms with van der Waals surface area (Å²) in [4.78, 5) is 10.5. The number of halogens is 1. The summed E-state index contributed by atoms with van der Waals surface area (Å²) in [6.45, 7) is 5.63. The summed E-state index contributed by atoms with van der Waals surface area (Å²) in [5.74, 6) is -1.28. The molecule has 0 saturated carbocycles. The Hall–Kier alpha value is -1.22. The zero-order valence-corrected chi connectivity index (χ0v) is 9.09. The first-order valence-electron chi connectivity index (χ1n) is 4.25. The van der Waals surface area contributed by atoms with Crippen LogP contribution in [-0.4, -0.2) is 16.2 Å². The van der Waals surface area contributed by atoms with Crippen LogP contribution in [0.3, 0.4) is 0 Å². The molecule has 0 amide bonds. The summed E-state index contributed by atoms with van der Waals surface area (Å²) in [6.07, 6.45) is 0. The van der Waals surface area contributed by atoms with E-state index in [2.05, 4.69) is 0 Å². The summed E-state index contributed by atoms with van der Waals surface area (Å²) in [7, 11) is 0. The van der Waals surface area contributed by atoms with Gasteiger partial charge in [0.2, 0.25) is 0 Å². The minimum atomic E-state index is -1.08. The second-order valence-electron chi connectivity index (χ2n) is 2.43. The summed E-state index contributed by atoms with van der Waals surface area (Å²) in [5.41, 5.74) is 0.587. The van der Waals surface area contributed by atoms with Crippen molar-refractivity contribution in [3.8, 4) is 5.75 Å². The van der Waals surface area contributed by atoms with Gasteiger partial charge in [0.05, 0.1) is 10.6 Å². The fourth-order valence-electron chi connectivity index (χ4n) is 0.874. The number of aromatic hydroxyl groups is 1. The Labute approximate surface area is 88.0 Å². The van der Waals surface area contributed by atoms with E-state index in [1.807, 2.05) is 13.8 Å². The fourth-order valence-corrected chi connectivity index (χ4v) is 0.984. The van der Waals surface area contributed by atoms with Crippen molar-refractivity contribution in [1.29, 1.82) is 0 Å². The highest BCUT2D eigenvalue weighted by atomic mass is 35.5. The average Bonchev–Trinajstić information content (AvgIpc) is 2.16. The number of benzene rings is 1. The molecule has 0 unspecified atom stereocenters. The number of phenols is 1. The van der Waals surface area contributed by atoms with Gasteiger partial charge in [0.1, 0.15) is 5.75 Å². The molecule has 0 bridgehead atoms. The van der Waals surface area contributed by atoms with E-state index in [9.17, 15) is 4.79 Å². The second-order valence-corrected chi connectivity index (χ2v) is 2.81. The molecule has 0 radical (unpaired) electrons. The quantitative estimate of drug-likeness (QED) is 0.759. The highest BCUT2D eigenvalue weighted by Gasteiger charge is 2.08.